The zero-order valence-electron chi connectivity index (χ0n) is 5.58. The van der Waals surface area contributed by atoms with Crippen LogP contribution in [0.15, 0.2) is 24.4 Å². The molecule has 1 rings (SSSR count). The van der Waals surface area contributed by atoms with Crippen LogP contribution in [0, 0.1) is 6.92 Å². The van der Waals surface area contributed by atoms with Crippen LogP contribution < -0.4 is 0 Å². The average molecular weight is 134 g/mol. The van der Waals surface area contributed by atoms with E-state index in [-0.39, 0.29) is 12.2 Å². The highest BCUT2D eigenvalue weighted by Gasteiger charge is 2.00. The Hall–Kier alpha value is -1.18. The van der Waals surface area contributed by atoms with E-state index < -0.39 is 0 Å². The molecule has 0 bridgehead atoms. The van der Waals surface area contributed by atoms with Crippen LogP contribution >= 0.6 is 0 Å². The molecule has 1 radical (unpaired) electrons. The van der Waals surface area contributed by atoms with Gasteiger partial charge in [-0.1, -0.05) is 6.07 Å². The highest BCUT2D eigenvalue weighted by atomic mass is 16.1. The lowest BCUT2D eigenvalue weighted by atomic mass is 10.2. The van der Waals surface area contributed by atoms with Crippen molar-refractivity contribution >= 4 is 5.78 Å². The normalized spacial score (nSPS) is 9.30. The van der Waals surface area contributed by atoms with Crippen LogP contribution in [-0.4, -0.2) is 10.8 Å². The third-order valence-electron chi connectivity index (χ3n) is 1.18. The van der Waals surface area contributed by atoms with Crippen molar-refractivity contribution in [2.24, 2.45) is 0 Å². The molecule has 0 amide bonds. The van der Waals surface area contributed by atoms with Crippen LogP contribution in [0.2, 0.25) is 0 Å². The topological polar surface area (TPSA) is 30.0 Å². The minimum absolute atomic E-state index is 0.0133. The van der Waals surface area contributed by atoms with Crippen LogP contribution in [0.1, 0.15) is 16.9 Å². The molecule has 2 nitrogen and oxygen atoms in total. The van der Waals surface area contributed by atoms with Gasteiger partial charge in [-0.3, -0.25) is 9.78 Å². The van der Waals surface area contributed by atoms with Gasteiger partial charge in [0, 0.05) is 12.6 Å². The summed E-state index contributed by atoms with van der Waals surface area (Å²) in [5.41, 5.74) is 0.498. The van der Waals surface area contributed by atoms with Gasteiger partial charge in [0.05, 0.1) is 0 Å². The van der Waals surface area contributed by atoms with Gasteiger partial charge < -0.3 is 0 Å². The minimum atomic E-state index is -0.0133. The maximum atomic E-state index is 10.9. The van der Waals surface area contributed by atoms with Gasteiger partial charge in [0.1, 0.15) is 5.69 Å². The van der Waals surface area contributed by atoms with E-state index in [9.17, 15) is 4.79 Å². The molecule has 0 aliphatic heterocycles. The second kappa shape index (κ2) is 3.11. The minimum Gasteiger partial charge on any atom is -0.292 e. The maximum Gasteiger partial charge on any atom is 0.181 e. The summed E-state index contributed by atoms with van der Waals surface area (Å²) in [6, 6.07) is 5.25. The number of Topliss-reactive ketones (excluding diaryl/α,β-unsaturated/α-hetero) is 1. The van der Waals surface area contributed by atoms with E-state index in [0.29, 0.717) is 5.69 Å². The molecule has 1 aromatic heterocycles. The molecular weight excluding hydrogens is 126 g/mol. The fraction of sp³-hybridized carbons (Fsp3) is 0.125. The van der Waals surface area contributed by atoms with Crippen molar-refractivity contribution in [1.29, 1.82) is 0 Å². The molecule has 0 spiro atoms. The molecule has 51 valence electrons. The summed E-state index contributed by atoms with van der Waals surface area (Å²) in [5, 5.41) is 0. The Morgan fingerprint density at radius 1 is 1.60 bits per heavy atom. The first-order valence-electron chi connectivity index (χ1n) is 3.08. The Kier molecular flexibility index (Phi) is 2.15. The molecule has 0 aromatic carbocycles. The van der Waals surface area contributed by atoms with E-state index in [2.05, 4.69) is 11.9 Å². The smallest absolute Gasteiger partial charge is 0.181 e. The number of pyridine rings is 1. The number of hydrogen-bond acceptors (Lipinski definition) is 2. The third kappa shape index (κ3) is 1.41. The molecule has 10 heavy (non-hydrogen) atoms. The van der Waals surface area contributed by atoms with Gasteiger partial charge in [-0.25, -0.2) is 0 Å². The lowest BCUT2D eigenvalue weighted by molar-refractivity contribution is 0.0990. The summed E-state index contributed by atoms with van der Waals surface area (Å²) < 4.78 is 0. The van der Waals surface area contributed by atoms with Crippen molar-refractivity contribution < 1.29 is 4.79 Å². The predicted octanol–water partition coefficient (Wildman–Crippen LogP) is 1.49. The van der Waals surface area contributed by atoms with Crippen molar-refractivity contribution in [1.82, 2.24) is 4.98 Å². The Balaban J connectivity index is 2.85. The van der Waals surface area contributed by atoms with Gasteiger partial charge in [0.2, 0.25) is 0 Å². The second-order valence-corrected chi connectivity index (χ2v) is 1.89. The van der Waals surface area contributed by atoms with Crippen molar-refractivity contribution in [2.75, 3.05) is 0 Å². The van der Waals surface area contributed by atoms with Gasteiger partial charge in [0.15, 0.2) is 5.78 Å². The number of ketones is 1. The number of aromatic nitrogens is 1. The monoisotopic (exact) mass is 134 g/mol. The highest BCUT2D eigenvalue weighted by molar-refractivity contribution is 5.94. The molecule has 1 aromatic rings. The average Bonchev–Trinajstić information content (AvgIpc) is 2.05. The maximum absolute atomic E-state index is 10.9. The molecule has 0 fully saturated rings. The van der Waals surface area contributed by atoms with Gasteiger partial charge in [0.25, 0.3) is 0 Å². The van der Waals surface area contributed by atoms with Crippen LogP contribution in [0.5, 0.6) is 0 Å². The van der Waals surface area contributed by atoms with E-state index in [0.717, 1.165) is 0 Å². The van der Waals surface area contributed by atoms with Crippen molar-refractivity contribution in [2.45, 2.75) is 6.42 Å². The summed E-state index contributed by atoms with van der Waals surface area (Å²) >= 11 is 0. The van der Waals surface area contributed by atoms with E-state index >= 15 is 0 Å². The van der Waals surface area contributed by atoms with E-state index in [1.54, 1.807) is 24.4 Å². The fourth-order valence-corrected chi connectivity index (χ4v) is 0.656. The second-order valence-electron chi connectivity index (χ2n) is 1.89. The molecule has 0 unspecified atom stereocenters. The van der Waals surface area contributed by atoms with Gasteiger partial charge >= 0.3 is 0 Å². The molecule has 0 atom stereocenters. The zero-order chi connectivity index (χ0) is 7.40. The van der Waals surface area contributed by atoms with Crippen LogP contribution in [0.3, 0.4) is 0 Å². The molecular formula is C8H8NO. The first-order valence-corrected chi connectivity index (χ1v) is 3.08. The Labute approximate surface area is 59.9 Å². The largest absolute Gasteiger partial charge is 0.292 e. The van der Waals surface area contributed by atoms with Crippen LogP contribution in [-0.2, 0) is 0 Å². The standard InChI is InChI=1S/C8H8NO/c1-2-8(10)7-5-3-4-6-9-7/h3-6H,1-2H2. The molecule has 0 saturated carbocycles. The third-order valence-corrected chi connectivity index (χ3v) is 1.18. The Morgan fingerprint density at radius 2 is 2.40 bits per heavy atom. The van der Waals surface area contributed by atoms with Crippen LogP contribution in [0.25, 0.3) is 0 Å². The molecule has 0 saturated heterocycles. The fourth-order valence-electron chi connectivity index (χ4n) is 0.656. The van der Waals surface area contributed by atoms with Crippen LogP contribution in [0.4, 0.5) is 0 Å². The summed E-state index contributed by atoms with van der Waals surface area (Å²) in [6.45, 7) is 3.47. The van der Waals surface area contributed by atoms with Crippen molar-refractivity contribution in [3.8, 4) is 0 Å². The lowest BCUT2D eigenvalue weighted by Gasteiger charge is -1.92. The number of carbonyl (C=O) groups excluding carboxylic acids is 1. The van der Waals surface area contributed by atoms with E-state index in [4.69, 9.17) is 0 Å². The Morgan fingerprint density at radius 3 is 2.90 bits per heavy atom. The number of hydrogen-bond donors (Lipinski definition) is 0. The van der Waals surface area contributed by atoms with Crippen molar-refractivity contribution in [3.05, 3.63) is 37.0 Å². The quantitative estimate of drug-likeness (QED) is 0.573. The molecule has 2 heteroatoms. The molecule has 0 N–H and O–H groups in total. The highest BCUT2D eigenvalue weighted by Crippen LogP contribution is 1.96. The van der Waals surface area contributed by atoms with E-state index in [1.165, 1.54) is 0 Å². The lowest BCUT2D eigenvalue weighted by Crippen LogP contribution is -1.98. The summed E-state index contributed by atoms with van der Waals surface area (Å²) in [6.07, 6.45) is 1.87. The molecule has 0 aliphatic rings. The summed E-state index contributed by atoms with van der Waals surface area (Å²) in [5.74, 6) is -0.0133. The summed E-state index contributed by atoms with van der Waals surface area (Å²) in [7, 11) is 0. The number of carbonyl (C=O) groups is 1. The number of rotatable bonds is 2. The number of nitrogens with zero attached hydrogens (tertiary/aromatic N) is 1. The van der Waals surface area contributed by atoms with E-state index in [1.807, 2.05) is 0 Å². The van der Waals surface area contributed by atoms with Gasteiger partial charge in [-0.05, 0) is 19.1 Å². The first-order chi connectivity index (χ1) is 4.84. The van der Waals surface area contributed by atoms with Gasteiger partial charge in [-0.2, -0.15) is 0 Å². The van der Waals surface area contributed by atoms with Gasteiger partial charge in [-0.15, -0.1) is 0 Å². The van der Waals surface area contributed by atoms with Crippen molar-refractivity contribution in [3.63, 3.8) is 0 Å². The molecule has 1 heterocycles. The zero-order valence-corrected chi connectivity index (χ0v) is 5.58. The first kappa shape index (κ1) is 6.93. The predicted molar refractivity (Wildman–Crippen MR) is 38.5 cm³/mol. The SMILES string of the molecule is [CH2]CC(=O)c1ccccn1. The molecule has 0 aliphatic carbocycles. The Bertz CT molecular complexity index is 218. The summed E-state index contributed by atoms with van der Waals surface area (Å²) in [4.78, 5) is 14.7.